The zero-order chi connectivity index (χ0) is 22.6. The van der Waals surface area contributed by atoms with Crippen LogP contribution in [0.25, 0.3) is 0 Å². The summed E-state index contributed by atoms with van der Waals surface area (Å²) >= 11 is 0. The van der Waals surface area contributed by atoms with Crippen LogP contribution in [-0.4, -0.2) is 39.6 Å². The predicted molar refractivity (Wildman–Crippen MR) is 128 cm³/mol. The highest BCUT2D eigenvalue weighted by Crippen LogP contribution is 2.39. The summed E-state index contributed by atoms with van der Waals surface area (Å²) < 4.78 is 35.3. The van der Waals surface area contributed by atoms with E-state index in [0.29, 0.717) is 10.9 Å². The molecule has 1 aliphatic heterocycles. The molecule has 1 saturated carbocycles. The van der Waals surface area contributed by atoms with E-state index in [-0.39, 0.29) is 12.0 Å². The zero-order valence-corrected chi connectivity index (χ0v) is 20.1. The fourth-order valence-electron chi connectivity index (χ4n) is 5.40. The molecule has 0 radical (unpaired) electrons. The number of rotatable bonds is 7. The number of sulfonamides is 1. The van der Waals surface area contributed by atoms with Crippen molar-refractivity contribution in [3.05, 3.63) is 59.7 Å². The van der Waals surface area contributed by atoms with E-state index in [1.807, 2.05) is 43.3 Å². The highest BCUT2D eigenvalue weighted by atomic mass is 32.2. The number of likely N-dealkylation sites (tertiary alicyclic amines) is 1. The molecule has 6 heteroatoms. The summed E-state index contributed by atoms with van der Waals surface area (Å²) in [6.45, 7) is 4.22. The molecule has 0 bridgehead atoms. The number of piperidine rings is 1. The van der Waals surface area contributed by atoms with Gasteiger partial charge in [-0.15, -0.1) is 0 Å². The monoisotopic (exact) mass is 456 g/mol. The molecule has 32 heavy (non-hydrogen) atoms. The summed E-state index contributed by atoms with van der Waals surface area (Å²) in [6.07, 6.45) is 8.33. The maximum absolute atomic E-state index is 13.4. The van der Waals surface area contributed by atoms with Crippen LogP contribution in [-0.2, 0) is 10.0 Å². The lowest BCUT2D eigenvalue weighted by Gasteiger charge is -2.45. The Hall–Kier alpha value is -1.89. The van der Waals surface area contributed by atoms with Gasteiger partial charge in [0.2, 0.25) is 10.0 Å². The van der Waals surface area contributed by atoms with Crippen molar-refractivity contribution in [2.75, 3.05) is 20.2 Å². The van der Waals surface area contributed by atoms with Crippen LogP contribution in [0.2, 0.25) is 0 Å². The first kappa shape index (κ1) is 23.3. The number of hydrogen-bond donors (Lipinski definition) is 1. The summed E-state index contributed by atoms with van der Waals surface area (Å²) in [5, 5.41) is 0. The Bertz CT molecular complexity index is 967. The van der Waals surface area contributed by atoms with Crippen LogP contribution in [0.4, 0.5) is 0 Å². The van der Waals surface area contributed by atoms with Gasteiger partial charge in [-0.3, -0.25) is 0 Å². The molecule has 1 N–H and O–H groups in total. The third kappa shape index (κ3) is 5.36. The first-order valence-corrected chi connectivity index (χ1v) is 13.4. The second-order valence-electron chi connectivity index (χ2n) is 9.30. The molecule has 1 saturated heterocycles. The number of methoxy groups -OCH3 is 1. The van der Waals surface area contributed by atoms with Crippen LogP contribution in [0.15, 0.2) is 53.4 Å². The largest absolute Gasteiger partial charge is 0.497 e. The number of nitrogens with one attached hydrogen (secondary N) is 1. The van der Waals surface area contributed by atoms with Crippen molar-refractivity contribution in [2.45, 2.75) is 68.8 Å². The van der Waals surface area contributed by atoms with Crippen LogP contribution in [0.1, 0.15) is 62.1 Å². The summed E-state index contributed by atoms with van der Waals surface area (Å²) in [5.41, 5.74) is 2.06. The Labute approximate surface area is 193 Å². The molecule has 0 amide bonds. The summed E-state index contributed by atoms with van der Waals surface area (Å²) in [7, 11) is -1.99. The lowest BCUT2D eigenvalue weighted by atomic mass is 9.76. The second kappa shape index (κ2) is 10.4. The Morgan fingerprint density at radius 3 is 2.22 bits per heavy atom. The molecule has 0 spiro atoms. The van der Waals surface area contributed by atoms with E-state index in [1.165, 1.54) is 25.7 Å². The molecule has 2 fully saturated rings. The molecule has 174 valence electrons. The predicted octanol–water partition coefficient (Wildman–Crippen LogP) is 5.07. The highest BCUT2D eigenvalue weighted by Gasteiger charge is 2.38. The maximum Gasteiger partial charge on any atom is 0.241 e. The van der Waals surface area contributed by atoms with Crippen molar-refractivity contribution in [1.82, 2.24) is 9.62 Å². The number of hydrogen-bond acceptors (Lipinski definition) is 4. The Balaban J connectivity index is 1.68. The molecule has 0 aromatic heterocycles. The van der Waals surface area contributed by atoms with Crippen LogP contribution in [0.3, 0.4) is 0 Å². The number of aryl methyl sites for hydroxylation is 1. The van der Waals surface area contributed by atoms with Gasteiger partial charge >= 0.3 is 0 Å². The Morgan fingerprint density at radius 1 is 0.906 bits per heavy atom. The number of ether oxygens (including phenoxy) is 1. The second-order valence-corrected chi connectivity index (χ2v) is 11.0. The van der Waals surface area contributed by atoms with Gasteiger partial charge in [-0.05, 0) is 81.4 Å². The van der Waals surface area contributed by atoms with Gasteiger partial charge in [0.15, 0.2) is 0 Å². The van der Waals surface area contributed by atoms with Crippen molar-refractivity contribution in [2.24, 2.45) is 5.92 Å². The topological polar surface area (TPSA) is 58.6 Å². The Morgan fingerprint density at radius 2 is 1.56 bits per heavy atom. The molecule has 3 atom stereocenters. The van der Waals surface area contributed by atoms with Crippen LogP contribution in [0.5, 0.6) is 5.75 Å². The minimum atomic E-state index is -3.64. The van der Waals surface area contributed by atoms with Crippen LogP contribution in [0, 0.1) is 12.8 Å². The third-order valence-corrected chi connectivity index (χ3v) is 8.61. The number of benzene rings is 2. The minimum absolute atomic E-state index is 0.246. The third-order valence-electron chi connectivity index (χ3n) is 7.16. The molecule has 0 unspecified atom stereocenters. The molecule has 2 aliphatic rings. The van der Waals surface area contributed by atoms with Gasteiger partial charge in [0.1, 0.15) is 5.75 Å². The summed E-state index contributed by atoms with van der Waals surface area (Å²) in [6, 6.07) is 15.2. The van der Waals surface area contributed by atoms with Gasteiger partial charge in [0, 0.05) is 6.04 Å². The van der Waals surface area contributed by atoms with E-state index >= 15 is 0 Å². The van der Waals surface area contributed by atoms with Gasteiger partial charge in [-0.1, -0.05) is 49.1 Å². The molecule has 4 rings (SSSR count). The van der Waals surface area contributed by atoms with Crippen LogP contribution >= 0.6 is 0 Å². The average molecular weight is 457 g/mol. The highest BCUT2D eigenvalue weighted by molar-refractivity contribution is 7.89. The zero-order valence-electron chi connectivity index (χ0n) is 19.3. The summed E-state index contributed by atoms with van der Waals surface area (Å²) in [5.74, 6) is 1.03. The fourth-order valence-corrected chi connectivity index (χ4v) is 6.67. The smallest absolute Gasteiger partial charge is 0.241 e. The van der Waals surface area contributed by atoms with Gasteiger partial charge < -0.3 is 9.64 Å². The molecular weight excluding hydrogens is 420 g/mol. The normalized spacial score (nSPS) is 23.6. The van der Waals surface area contributed by atoms with E-state index in [0.717, 1.165) is 49.2 Å². The van der Waals surface area contributed by atoms with E-state index in [2.05, 4.69) is 9.62 Å². The minimum Gasteiger partial charge on any atom is -0.497 e. The lowest BCUT2D eigenvalue weighted by Crippen LogP contribution is -2.49. The molecule has 1 aliphatic carbocycles. The molecule has 1 heterocycles. The van der Waals surface area contributed by atoms with Crippen molar-refractivity contribution >= 4 is 10.0 Å². The van der Waals surface area contributed by atoms with Crippen molar-refractivity contribution in [1.29, 1.82) is 0 Å². The van der Waals surface area contributed by atoms with E-state index < -0.39 is 10.0 Å². The van der Waals surface area contributed by atoms with Crippen molar-refractivity contribution in [3.8, 4) is 5.75 Å². The quantitative estimate of drug-likeness (QED) is 0.632. The van der Waals surface area contributed by atoms with E-state index in [1.54, 1.807) is 19.2 Å². The first-order chi connectivity index (χ1) is 15.5. The molecular formula is C26H36N2O3S. The SMILES string of the molecule is COc1ccc([C@@H](NS(=O)(=O)c2ccc(C)cc2)[C@H]2CCCC[C@@H]2N2CCCCC2)cc1. The number of nitrogens with zero attached hydrogens (tertiary/aromatic N) is 1. The molecule has 2 aromatic carbocycles. The van der Waals surface area contributed by atoms with Crippen molar-refractivity contribution in [3.63, 3.8) is 0 Å². The average Bonchev–Trinajstić information content (AvgIpc) is 2.83. The summed E-state index contributed by atoms with van der Waals surface area (Å²) in [4.78, 5) is 2.95. The van der Waals surface area contributed by atoms with Gasteiger partial charge in [-0.25, -0.2) is 13.1 Å². The Kier molecular flexibility index (Phi) is 7.54. The van der Waals surface area contributed by atoms with Gasteiger partial charge in [-0.2, -0.15) is 0 Å². The van der Waals surface area contributed by atoms with Crippen LogP contribution < -0.4 is 9.46 Å². The fraction of sp³-hybridized carbons (Fsp3) is 0.538. The van der Waals surface area contributed by atoms with E-state index in [9.17, 15) is 8.42 Å². The molecule has 2 aromatic rings. The van der Waals surface area contributed by atoms with Crippen molar-refractivity contribution < 1.29 is 13.2 Å². The lowest BCUT2D eigenvalue weighted by molar-refractivity contribution is 0.0695. The molecule has 5 nitrogen and oxygen atoms in total. The van der Waals surface area contributed by atoms with E-state index in [4.69, 9.17) is 4.74 Å². The first-order valence-electron chi connectivity index (χ1n) is 11.9. The standard InChI is InChI=1S/C26H36N2O3S/c1-20-10-16-23(17-11-20)32(29,30)27-26(21-12-14-22(31-2)15-13-21)24-8-4-5-9-25(24)28-18-6-3-7-19-28/h10-17,24-27H,3-9,18-19H2,1-2H3/t24-,25-,26+/m0/s1. The van der Waals surface area contributed by atoms with Gasteiger partial charge in [0.25, 0.3) is 0 Å². The maximum atomic E-state index is 13.4. The van der Waals surface area contributed by atoms with Gasteiger partial charge in [0.05, 0.1) is 18.0 Å².